The maximum Gasteiger partial charge on any atom is 0.274 e. The van der Waals surface area contributed by atoms with Gasteiger partial charge in [0.1, 0.15) is 5.84 Å². The summed E-state index contributed by atoms with van der Waals surface area (Å²) < 4.78 is 19.1. The first-order valence-corrected chi connectivity index (χ1v) is 16.1. The number of nitrogens with two attached hydrogens (primary N) is 1. The Morgan fingerprint density at radius 3 is 2.50 bits per heavy atom. The Morgan fingerprint density at radius 1 is 1.10 bits per heavy atom. The zero-order valence-electron chi connectivity index (χ0n) is 23.7. The fourth-order valence-corrected chi connectivity index (χ4v) is 6.13. The van der Waals surface area contributed by atoms with Crippen LogP contribution in [0.4, 0.5) is 5.69 Å². The van der Waals surface area contributed by atoms with E-state index in [1.54, 1.807) is 25.9 Å². The maximum atomic E-state index is 13.3. The van der Waals surface area contributed by atoms with Gasteiger partial charge in [0, 0.05) is 48.9 Å². The van der Waals surface area contributed by atoms with Crippen LogP contribution in [0.1, 0.15) is 45.6 Å². The van der Waals surface area contributed by atoms with Gasteiger partial charge >= 0.3 is 0 Å². The molecule has 1 aliphatic heterocycles. The van der Waals surface area contributed by atoms with E-state index in [1.807, 2.05) is 41.3 Å². The number of amides is 1. The summed E-state index contributed by atoms with van der Waals surface area (Å²) in [6.45, 7) is 9.51. The second-order valence-corrected chi connectivity index (χ2v) is 12.9. The highest BCUT2D eigenvalue weighted by molar-refractivity contribution is 7.58. The molecule has 1 atom stereocenters. The zero-order chi connectivity index (χ0) is 28.9. The smallest absolute Gasteiger partial charge is 0.274 e. The molecule has 0 saturated heterocycles. The molecule has 0 saturated carbocycles. The summed E-state index contributed by atoms with van der Waals surface area (Å²) in [5.41, 5.74) is 10.0. The fourth-order valence-electron chi connectivity index (χ4n) is 4.91. The number of rotatable bonds is 11. The van der Waals surface area contributed by atoms with Gasteiger partial charge in [-0.1, -0.05) is 32.0 Å². The van der Waals surface area contributed by atoms with Crippen molar-refractivity contribution in [1.82, 2.24) is 14.7 Å². The first-order valence-electron chi connectivity index (χ1n) is 13.8. The molecule has 2 heterocycles. The van der Waals surface area contributed by atoms with Crippen molar-refractivity contribution in [2.45, 2.75) is 46.6 Å². The van der Waals surface area contributed by atoms with Gasteiger partial charge in [0.25, 0.3) is 5.56 Å². The van der Waals surface area contributed by atoms with E-state index < -0.39 is 7.37 Å². The molecule has 1 aromatic heterocycles. The minimum absolute atomic E-state index is 0.00565. The fraction of sp³-hybridized carbons (Fsp3) is 0.400. The van der Waals surface area contributed by atoms with Gasteiger partial charge in [-0.05, 0) is 55.2 Å². The molecule has 1 aliphatic rings. The van der Waals surface area contributed by atoms with Crippen LogP contribution in [0.3, 0.4) is 0 Å². The Bertz CT molecular complexity index is 1570. The molecule has 40 heavy (non-hydrogen) atoms. The van der Waals surface area contributed by atoms with Crippen molar-refractivity contribution in [3.63, 3.8) is 0 Å². The molecule has 0 aliphatic carbocycles. The number of hydrogen-bond acceptors (Lipinski definition) is 7. The average Bonchev–Trinajstić information content (AvgIpc) is 3.09. The van der Waals surface area contributed by atoms with Gasteiger partial charge in [-0.15, -0.1) is 0 Å². The highest BCUT2D eigenvalue weighted by atomic mass is 31.2. The van der Waals surface area contributed by atoms with E-state index in [2.05, 4.69) is 23.9 Å². The molecule has 1 amide bonds. The van der Waals surface area contributed by atoms with E-state index in [0.29, 0.717) is 54.0 Å². The summed E-state index contributed by atoms with van der Waals surface area (Å²) in [4.78, 5) is 32.8. The summed E-state index contributed by atoms with van der Waals surface area (Å²) >= 11 is 0. The zero-order valence-corrected chi connectivity index (χ0v) is 24.6. The second kappa shape index (κ2) is 12.7. The molecular weight excluding hydrogens is 525 g/mol. The molecule has 0 spiro atoms. The van der Waals surface area contributed by atoms with Crippen LogP contribution in [0.25, 0.3) is 28.0 Å². The summed E-state index contributed by atoms with van der Waals surface area (Å²) in [7, 11) is -2.77. The average molecular weight is 564 g/mol. The van der Waals surface area contributed by atoms with Gasteiger partial charge in [-0.3, -0.25) is 14.2 Å². The van der Waals surface area contributed by atoms with Gasteiger partial charge in [0.2, 0.25) is 13.3 Å². The summed E-state index contributed by atoms with van der Waals surface area (Å²) in [5.74, 6) is 0.402. The van der Waals surface area contributed by atoms with Crippen molar-refractivity contribution in [1.29, 1.82) is 0 Å². The second-order valence-electron chi connectivity index (χ2n) is 10.1. The van der Waals surface area contributed by atoms with Gasteiger partial charge < -0.3 is 15.2 Å². The van der Waals surface area contributed by atoms with Crippen molar-refractivity contribution < 1.29 is 13.9 Å². The van der Waals surface area contributed by atoms with Crippen LogP contribution in [0, 0.1) is 0 Å². The molecule has 3 aromatic rings. The lowest BCUT2D eigenvalue weighted by molar-refractivity contribution is -0.127. The van der Waals surface area contributed by atoms with Crippen molar-refractivity contribution >= 4 is 41.6 Å². The van der Waals surface area contributed by atoms with Gasteiger partial charge in [0.15, 0.2) is 0 Å². The Labute approximate surface area is 235 Å². The van der Waals surface area contributed by atoms with Crippen LogP contribution < -0.4 is 11.3 Å². The van der Waals surface area contributed by atoms with Gasteiger partial charge in [-0.25, -0.2) is 9.67 Å². The molecule has 1 unspecified atom stereocenters. The molecule has 212 valence electrons. The van der Waals surface area contributed by atoms with Crippen LogP contribution in [-0.4, -0.2) is 58.9 Å². The molecule has 10 heteroatoms. The maximum absolute atomic E-state index is 13.3. The van der Waals surface area contributed by atoms with Crippen LogP contribution in [-0.2, 0) is 20.4 Å². The SMILES string of the molecule is CCCN(CCC)C(=O)C1=Cc2ccc(-c3ccc4c(=O)n(CCP(C)(=O)OCC)ncc4c3)cc2N=C(N)C1. The van der Waals surface area contributed by atoms with Crippen molar-refractivity contribution in [2.75, 3.05) is 32.5 Å². The minimum atomic E-state index is -2.77. The van der Waals surface area contributed by atoms with E-state index >= 15 is 0 Å². The predicted octanol–water partition coefficient (Wildman–Crippen LogP) is 5.43. The Balaban J connectivity index is 1.63. The number of amidine groups is 1. The first kappa shape index (κ1) is 29.4. The lowest BCUT2D eigenvalue weighted by Crippen LogP contribution is -2.34. The van der Waals surface area contributed by atoms with E-state index in [0.717, 1.165) is 29.5 Å². The van der Waals surface area contributed by atoms with Crippen molar-refractivity contribution in [2.24, 2.45) is 10.7 Å². The number of hydrogen-bond donors (Lipinski definition) is 1. The summed E-state index contributed by atoms with van der Waals surface area (Å²) in [6, 6.07) is 11.5. The highest BCUT2D eigenvalue weighted by Gasteiger charge is 2.21. The molecule has 4 rings (SSSR count). The van der Waals surface area contributed by atoms with E-state index in [9.17, 15) is 14.2 Å². The molecule has 0 fully saturated rings. The van der Waals surface area contributed by atoms with Crippen LogP contribution in [0.5, 0.6) is 0 Å². The standard InChI is InChI=1S/C30H38N5O4P/c1-5-12-34(13-6-2)29(36)24-17-23-9-8-22(18-27(23)33-28(31)19-24)21-10-11-26-25(16-21)20-32-35(30(26)37)14-15-40(4,38)39-7-3/h8-11,16-18,20H,5-7,12-15,19H2,1-4H3,(H2,31,33). The van der Waals surface area contributed by atoms with Crippen LogP contribution in [0.15, 0.2) is 58.0 Å². The number of nitrogens with zero attached hydrogens (tertiary/aromatic N) is 4. The third-order valence-corrected chi connectivity index (χ3v) is 8.67. The Kier molecular flexibility index (Phi) is 9.38. The summed E-state index contributed by atoms with van der Waals surface area (Å²) in [5, 5.41) is 5.55. The number of aryl methyl sites for hydroxylation is 1. The van der Waals surface area contributed by atoms with E-state index in [4.69, 9.17) is 10.3 Å². The van der Waals surface area contributed by atoms with E-state index in [1.165, 1.54) is 4.68 Å². The highest BCUT2D eigenvalue weighted by Crippen LogP contribution is 2.42. The number of aromatic nitrogens is 2. The monoisotopic (exact) mass is 563 g/mol. The van der Waals surface area contributed by atoms with Crippen molar-refractivity contribution in [3.8, 4) is 11.1 Å². The number of benzene rings is 2. The molecule has 2 N–H and O–H groups in total. The minimum Gasteiger partial charge on any atom is -0.387 e. The van der Waals surface area contributed by atoms with Crippen molar-refractivity contribution in [3.05, 3.63) is 64.1 Å². The topological polar surface area (TPSA) is 120 Å². The van der Waals surface area contributed by atoms with E-state index in [-0.39, 0.29) is 24.2 Å². The van der Waals surface area contributed by atoms with Crippen LogP contribution >= 0.6 is 7.37 Å². The quantitative estimate of drug-likeness (QED) is 0.311. The molecule has 2 aromatic carbocycles. The summed E-state index contributed by atoms with van der Waals surface area (Å²) in [6.07, 6.45) is 5.89. The third kappa shape index (κ3) is 6.77. The molecular formula is C30H38N5O4P. The normalized spacial score (nSPS) is 14.6. The number of fused-ring (bicyclic) bond motifs is 2. The number of aliphatic imine (C=N–C) groups is 1. The Hall–Kier alpha value is -3.55. The number of carbonyl (C=O) groups is 1. The Morgan fingerprint density at radius 2 is 1.80 bits per heavy atom. The lowest BCUT2D eigenvalue weighted by atomic mass is 9.99. The third-order valence-electron chi connectivity index (χ3n) is 6.85. The predicted molar refractivity (Wildman–Crippen MR) is 163 cm³/mol. The van der Waals surface area contributed by atoms with Crippen LogP contribution in [0.2, 0.25) is 0 Å². The molecule has 9 nitrogen and oxygen atoms in total. The molecule has 0 radical (unpaired) electrons. The lowest BCUT2D eigenvalue weighted by Gasteiger charge is -2.22. The first-order chi connectivity index (χ1) is 19.2. The van der Waals surface area contributed by atoms with Gasteiger partial charge in [-0.2, -0.15) is 5.10 Å². The largest absolute Gasteiger partial charge is 0.387 e. The number of carbonyl (C=O) groups excluding carboxylic acids is 1. The van der Waals surface area contributed by atoms with Gasteiger partial charge in [0.05, 0.1) is 30.4 Å². The molecule has 0 bridgehead atoms.